The van der Waals surface area contributed by atoms with Crippen LogP contribution in [-0.2, 0) is 11.3 Å². The monoisotopic (exact) mass is 348 g/mol. The Hall–Kier alpha value is -1.89. The number of amides is 1. The Morgan fingerprint density at radius 2 is 1.96 bits per heavy atom. The molecule has 0 bridgehead atoms. The van der Waals surface area contributed by atoms with Gasteiger partial charge in [-0.15, -0.1) is 0 Å². The van der Waals surface area contributed by atoms with Crippen LogP contribution in [0.3, 0.4) is 0 Å². The number of hydrogen-bond donors (Lipinski definition) is 1. The fourth-order valence-electron chi connectivity index (χ4n) is 3.86. The first-order chi connectivity index (χ1) is 12.0. The van der Waals surface area contributed by atoms with Crippen molar-refractivity contribution in [2.24, 2.45) is 11.8 Å². The normalized spacial score (nSPS) is 22.9. The van der Waals surface area contributed by atoms with Crippen LogP contribution in [0.4, 0.5) is 0 Å². The molecular formula is C18H28N4O3. The number of aromatic amines is 1. The van der Waals surface area contributed by atoms with E-state index in [4.69, 9.17) is 0 Å². The van der Waals surface area contributed by atoms with E-state index in [9.17, 15) is 14.4 Å². The third kappa shape index (κ3) is 4.81. The maximum absolute atomic E-state index is 12.5. The van der Waals surface area contributed by atoms with Crippen LogP contribution in [0, 0.1) is 11.8 Å². The molecule has 0 aliphatic carbocycles. The van der Waals surface area contributed by atoms with Gasteiger partial charge in [-0.05, 0) is 50.6 Å². The Labute approximate surface area is 147 Å². The van der Waals surface area contributed by atoms with E-state index in [1.54, 1.807) is 0 Å². The Bertz CT molecular complexity index is 703. The standard InChI is InChI=1S/C18H28N4O3/c1-14-4-8-20(9-5-14)11-15-3-2-7-21(12-15)17(24)13-22-10-6-16(23)19-18(22)25/h6,10,14-15H,2-5,7-9,11-13H2,1H3,(H,19,23,25). The predicted molar refractivity (Wildman–Crippen MR) is 95.5 cm³/mol. The minimum absolute atomic E-state index is 0.0104. The van der Waals surface area contributed by atoms with E-state index in [0.717, 1.165) is 38.4 Å². The van der Waals surface area contributed by atoms with Gasteiger partial charge >= 0.3 is 5.69 Å². The molecule has 1 amide bonds. The number of aromatic nitrogens is 2. The molecule has 2 aliphatic heterocycles. The molecule has 2 saturated heterocycles. The average Bonchev–Trinajstić information content (AvgIpc) is 2.60. The lowest BCUT2D eigenvalue weighted by Crippen LogP contribution is -2.46. The smallest absolute Gasteiger partial charge is 0.328 e. The Kier molecular flexibility index (Phi) is 5.73. The SMILES string of the molecule is CC1CCN(CC2CCCN(C(=O)Cn3ccc(=O)[nH]c3=O)C2)CC1. The molecule has 7 nitrogen and oxygen atoms in total. The van der Waals surface area contributed by atoms with Crippen LogP contribution < -0.4 is 11.2 Å². The highest BCUT2D eigenvalue weighted by atomic mass is 16.2. The predicted octanol–water partition coefficient (Wildman–Crippen LogP) is 0.507. The summed E-state index contributed by atoms with van der Waals surface area (Å²) in [4.78, 5) is 42.0. The summed E-state index contributed by atoms with van der Waals surface area (Å²) in [5.41, 5.74) is -0.973. The highest BCUT2D eigenvalue weighted by Crippen LogP contribution is 2.22. The molecule has 3 rings (SSSR count). The average molecular weight is 348 g/mol. The summed E-state index contributed by atoms with van der Waals surface area (Å²) in [6.07, 6.45) is 6.10. The van der Waals surface area contributed by atoms with E-state index < -0.39 is 11.2 Å². The molecule has 1 atom stereocenters. The van der Waals surface area contributed by atoms with Crippen molar-refractivity contribution in [1.82, 2.24) is 19.4 Å². The van der Waals surface area contributed by atoms with Gasteiger partial charge in [-0.2, -0.15) is 0 Å². The maximum Gasteiger partial charge on any atom is 0.328 e. The number of rotatable bonds is 4. The van der Waals surface area contributed by atoms with Gasteiger partial charge in [-0.3, -0.25) is 19.1 Å². The lowest BCUT2D eigenvalue weighted by molar-refractivity contribution is -0.133. The largest absolute Gasteiger partial charge is 0.341 e. The topological polar surface area (TPSA) is 78.4 Å². The Balaban J connectivity index is 1.54. The van der Waals surface area contributed by atoms with Crippen molar-refractivity contribution in [3.8, 4) is 0 Å². The lowest BCUT2D eigenvalue weighted by atomic mass is 9.94. The number of carbonyl (C=O) groups is 1. The number of H-pyrrole nitrogens is 1. The number of nitrogens with zero attached hydrogens (tertiary/aromatic N) is 3. The second kappa shape index (κ2) is 7.99. The first kappa shape index (κ1) is 17.9. The van der Waals surface area contributed by atoms with Crippen LogP contribution in [0.2, 0.25) is 0 Å². The van der Waals surface area contributed by atoms with Gasteiger partial charge in [0, 0.05) is 31.9 Å². The summed E-state index contributed by atoms with van der Waals surface area (Å²) < 4.78 is 1.26. The Morgan fingerprint density at radius 3 is 2.68 bits per heavy atom. The quantitative estimate of drug-likeness (QED) is 0.860. The summed E-state index contributed by atoms with van der Waals surface area (Å²) in [5, 5.41) is 0. The van der Waals surface area contributed by atoms with E-state index in [2.05, 4.69) is 16.8 Å². The van der Waals surface area contributed by atoms with Crippen LogP contribution in [0.25, 0.3) is 0 Å². The highest BCUT2D eigenvalue weighted by molar-refractivity contribution is 5.76. The number of likely N-dealkylation sites (tertiary alicyclic amines) is 2. The molecule has 25 heavy (non-hydrogen) atoms. The summed E-state index contributed by atoms with van der Waals surface area (Å²) in [7, 11) is 0. The van der Waals surface area contributed by atoms with Crippen molar-refractivity contribution in [1.29, 1.82) is 0 Å². The second-order valence-corrected chi connectivity index (χ2v) is 7.57. The molecule has 1 aromatic heterocycles. The summed E-state index contributed by atoms with van der Waals surface area (Å²) in [5.74, 6) is 1.29. The number of hydrogen-bond acceptors (Lipinski definition) is 4. The molecule has 0 spiro atoms. The fraction of sp³-hybridized carbons (Fsp3) is 0.722. The molecule has 138 valence electrons. The zero-order valence-corrected chi connectivity index (χ0v) is 14.9. The molecule has 3 heterocycles. The maximum atomic E-state index is 12.5. The van der Waals surface area contributed by atoms with E-state index in [1.807, 2.05) is 4.90 Å². The second-order valence-electron chi connectivity index (χ2n) is 7.57. The lowest BCUT2D eigenvalue weighted by Gasteiger charge is -2.38. The molecule has 0 radical (unpaired) electrons. The van der Waals surface area contributed by atoms with Crippen LogP contribution in [-0.4, -0.2) is 58.0 Å². The summed E-state index contributed by atoms with van der Waals surface area (Å²) in [6.45, 7) is 7.22. The summed E-state index contributed by atoms with van der Waals surface area (Å²) in [6, 6.07) is 1.27. The molecule has 1 N–H and O–H groups in total. The van der Waals surface area contributed by atoms with Crippen molar-refractivity contribution >= 4 is 5.91 Å². The molecule has 1 unspecified atom stereocenters. The van der Waals surface area contributed by atoms with Crippen molar-refractivity contribution < 1.29 is 4.79 Å². The Morgan fingerprint density at radius 1 is 1.20 bits per heavy atom. The molecule has 2 aliphatic rings. The highest BCUT2D eigenvalue weighted by Gasteiger charge is 2.26. The van der Waals surface area contributed by atoms with Gasteiger partial charge in [0.2, 0.25) is 5.91 Å². The van der Waals surface area contributed by atoms with E-state index in [-0.39, 0.29) is 12.5 Å². The van der Waals surface area contributed by atoms with Crippen LogP contribution >= 0.6 is 0 Å². The van der Waals surface area contributed by atoms with Gasteiger partial charge in [0.25, 0.3) is 5.56 Å². The van der Waals surface area contributed by atoms with E-state index >= 15 is 0 Å². The molecule has 0 saturated carbocycles. The van der Waals surface area contributed by atoms with Gasteiger partial charge in [0.1, 0.15) is 6.54 Å². The molecule has 7 heteroatoms. The van der Waals surface area contributed by atoms with Gasteiger partial charge in [0.05, 0.1) is 0 Å². The van der Waals surface area contributed by atoms with Crippen LogP contribution in [0.5, 0.6) is 0 Å². The third-order valence-corrected chi connectivity index (χ3v) is 5.47. The summed E-state index contributed by atoms with van der Waals surface area (Å²) >= 11 is 0. The first-order valence-electron chi connectivity index (χ1n) is 9.31. The van der Waals surface area contributed by atoms with Crippen molar-refractivity contribution in [3.05, 3.63) is 33.1 Å². The third-order valence-electron chi connectivity index (χ3n) is 5.47. The van der Waals surface area contributed by atoms with E-state index in [1.165, 1.54) is 42.8 Å². The number of nitrogens with one attached hydrogen (secondary N) is 1. The first-order valence-corrected chi connectivity index (χ1v) is 9.31. The number of carbonyl (C=O) groups excluding carboxylic acids is 1. The molecular weight excluding hydrogens is 320 g/mol. The number of piperidine rings is 2. The minimum Gasteiger partial charge on any atom is -0.341 e. The van der Waals surface area contributed by atoms with Gasteiger partial charge in [-0.1, -0.05) is 6.92 Å². The van der Waals surface area contributed by atoms with Gasteiger partial charge in [-0.25, -0.2) is 4.79 Å². The van der Waals surface area contributed by atoms with Crippen molar-refractivity contribution in [3.63, 3.8) is 0 Å². The van der Waals surface area contributed by atoms with Crippen LogP contribution in [0.1, 0.15) is 32.6 Å². The van der Waals surface area contributed by atoms with Crippen molar-refractivity contribution in [2.45, 2.75) is 39.2 Å². The van der Waals surface area contributed by atoms with Crippen LogP contribution in [0.15, 0.2) is 21.9 Å². The zero-order chi connectivity index (χ0) is 17.8. The van der Waals surface area contributed by atoms with Crippen molar-refractivity contribution in [2.75, 3.05) is 32.7 Å². The fourth-order valence-corrected chi connectivity index (χ4v) is 3.86. The molecule has 0 aromatic carbocycles. The molecule has 1 aromatic rings. The van der Waals surface area contributed by atoms with E-state index in [0.29, 0.717) is 5.92 Å². The minimum atomic E-state index is -0.531. The van der Waals surface area contributed by atoms with Gasteiger partial charge in [0.15, 0.2) is 0 Å². The molecule has 2 fully saturated rings. The van der Waals surface area contributed by atoms with Gasteiger partial charge < -0.3 is 9.80 Å². The zero-order valence-electron chi connectivity index (χ0n) is 14.9.